The van der Waals surface area contributed by atoms with Gasteiger partial charge in [0.2, 0.25) is 0 Å². The quantitative estimate of drug-likeness (QED) is 0.848. The number of carboxylic acid groups (broad SMARTS) is 1. The molecule has 18 heavy (non-hydrogen) atoms. The molecule has 0 bridgehead atoms. The van der Waals surface area contributed by atoms with E-state index in [1.807, 2.05) is 20.8 Å². The molecule has 0 aliphatic rings. The van der Waals surface area contributed by atoms with E-state index in [-0.39, 0.29) is 11.7 Å². The molecule has 0 aliphatic heterocycles. The highest BCUT2D eigenvalue weighted by Gasteiger charge is 2.18. The fourth-order valence-corrected chi connectivity index (χ4v) is 1.86. The molecule has 1 aromatic carbocycles. The molecule has 0 radical (unpaired) electrons. The maximum Gasteiger partial charge on any atom is 0.338 e. The van der Waals surface area contributed by atoms with Crippen LogP contribution in [0.3, 0.4) is 0 Å². The largest absolute Gasteiger partial charge is 0.478 e. The van der Waals surface area contributed by atoms with Crippen molar-refractivity contribution >= 4 is 11.7 Å². The van der Waals surface area contributed by atoms with Gasteiger partial charge in [-0.05, 0) is 31.4 Å². The van der Waals surface area contributed by atoms with Gasteiger partial charge in [-0.2, -0.15) is 0 Å². The first-order valence-electron chi connectivity index (χ1n) is 5.80. The molecule has 0 heterocycles. The Morgan fingerprint density at radius 3 is 2.39 bits per heavy atom. The summed E-state index contributed by atoms with van der Waals surface area (Å²) in [7, 11) is 0. The van der Waals surface area contributed by atoms with E-state index in [0.29, 0.717) is 5.92 Å². The van der Waals surface area contributed by atoms with Crippen LogP contribution < -0.4 is 5.32 Å². The summed E-state index contributed by atoms with van der Waals surface area (Å²) in [6.45, 7) is 5.92. The number of aromatic carboxylic acids is 1. The van der Waals surface area contributed by atoms with E-state index in [0.717, 1.165) is 12.5 Å². The Labute approximate surface area is 105 Å². The summed E-state index contributed by atoms with van der Waals surface area (Å²) in [6, 6.07) is 2.29. The topological polar surface area (TPSA) is 49.3 Å². The van der Waals surface area contributed by atoms with Gasteiger partial charge in [0.25, 0.3) is 0 Å². The van der Waals surface area contributed by atoms with E-state index in [2.05, 4.69) is 5.32 Å². The highest BCUT2D eigenvalue weighted by molar-refractivity contribution is 5.88. The van der Waals surface area contributed by atoms with Crippen molar-refractivity contribution < 1.29 is 18.7 Å². The zero-order valence-electron chi connectivity index (χ0n) is 10.6. The lowest BCUT2D eigenvalue weighted by atomic mass is 10.0. The number of halogens is 2. The van der Waals surface area contributed by atoms with Crippen molar-refractivity contribution in [3.05, 3.63) is 29.3 Å². The first-order valence-corrected chi connectivity index (χ1v) is 5.80. The number of benzene rings is 1. The molecule has 1 unspecified atom stereocenters. The second kappa shape index (κ2) is 5.80. The fourth-order valence-electron chi connectivity index (χ4n) is 1.86. The van der Waals surface area contributed by atoms with Gasteiger partial charge in [-0.15, -0.1) is 0 Å². The first-order chi connectivity index (χ1) is 8.32. The Balaban J connectivity index is 2.92. The molecule has 0 fully saturated rings. The Morgan fingerprint density at radius 1 is 1.28 bits per heavy atom. The summed E-state index contributed by atoms with van der Waals surface area (Å²) in [4.78, 5) is 10.6. The third kappa shape index (κ3) is 3.42. The minimum atomic E-state index is -1.48. The third-order valence-electron chi connectivity index (χ3n) is 2.54. The summed E-state index contributed by atoms with van der Waals surface area (Å²) in [5, 5.41) is 11.5. The van der Waals surface area contributed by atoms with Crippen LogP contribution in [0.1, 0.15) is 37.6 Å². The van der Waals surface area contributed by atoms with E-state index in [9.17, 15) is 13.6 Å². The van der Waals surface area contributed by atoms with Gasteiger partial charge < -0.3 is 10.4 Å². The Kier molecular flexibility index (Phi) is 4.64. The highest BCUT2D eigenvalue weighted by atomic mass is 19.2. The molecule has 3 nitrogen and oxygen atoms in total. The average Bonchev–Trinajstić information content (AvgIpc) is 2.23. The predicted octanol–water partition coefficient (Wildman–Crippen LogP) is 3.51. The summed E-state index contributed by atoms with van der Waals surface area (Å²) in [5.41, 5.74) is -0.666. The molecule has 100 valence electrons. The van der Waals surface area contributed by atoms with Gasteiger partial charge in [0.1, 0.15) is 0 Å². The number of carbonyl (C=O) groups is 1. The summed E-state index contributed by atoms with van der Waals surface area (Å²) in [6.07, 6.45) is 0.807. The smallest absolute Gasteiger partial charge is 0.338 e. The van der Waals surface area contributed by atoms with Crippen molar-refractivity contribution in [2.45, 2.75) is 33.2 Å². The SMILES string of the molecule is CC(C)CC(C)Nc1ccc(C(=O)O)c(F)c1F. The van der Waals surface area contributed by atoms with E-state index >= 15 is 0 Å². The molecule has 5 heteroatoms. The van der Waals surface area contributed by atoms with E-state index in [4.69, 9.17) is 5.11 Å². The van der Waals surface area contributed by atoms with Crippen LogP contribution in [-0.2, 0) is 0 Å². The van der Waals surface area contributed by atoms with Crippen LogP contribution in [0.4, 0.5) is 14.5 Å². The number of carboxylic acids is 1. The molecule has 0 aromatic heterocycles. The Bertz CT molecular complexity index is 447. The molecule has 1 rings (SSSR count). The first kappa shape index (κ1) is 14.4. The highest BCUT2D eigenvalue weighted by Crippen LogP contribution is 2.22. The van der Waals surface area contributed by atoms with Gasteiger partial charge >= 0.3 is 5.97 Å². The monoisotopic (exact) mass is 257 g/mol. The standard InChI is InChI=1S/C13H17F2NO2/c1-7(2)6-8(3)16-10-5-4-9(13(17)18)11(14)12(10)15/h4-5,7-8,16H,6H2,1-3H3,(H,17,18). The van der Waals surface area contributed by atoms with Gasteiger partial charge in [0.05, 0.1) is 11.3 Å². The molecule has 1 aromatic rings. The van der Waals surface area contributed by atoms with Crippen LogP contribution in [0.15, 0.2) is 12.1 Å². The van der Waals surface area contributed by atoms with E-state index in [1.54, 1.807) is 0 Å². The van der Waals surface area contributed by atoms with Crippen molar-refractivity contribution in [2.24, 2.45) is 5.92 Å². The number of hydrogen-bond acceptors (Lipinski definition) is 2. The summed E-state index contributed by atoms with van der Waals surface area (Å²) < 4.78 is 27.0. The van der Waals surface area contributed by atoms with Gasteiger partial charge in [-0.3, -0.25) is 0 Å². The summed E-state index contributed by atoms with van der Waals surface area (Å²) in [5.74, 6) is -3.53. The van der Waals surface area contributed by atoms with Crippen molar-refractivity contribution in [2.75, 3.05) is 5.32 Å². The molecule has 0 amide bonds. The molecule has 0 saturated carbocycles. The average molecular weight is 257 g/mol. The Morgan fingerprint density at radius 2 is 1.89 bits per heavy atom. The van der Waals surface area contributed by atoms with Gasteiger partial charge in [0.15, 0.2) is 11.6 Å². The molecule has 0 aliphatic carbocycles. The van der Waals surface area contributed by atoms with Crippen molar-refractivity contribution in [3.8, 4) is 0 Å². The number of rotatable bonds is 5. The van der Waals surface area contributed by atoms with E-state index < -0.39 is 23.2 Å². The van der Waals surface area contributed by atoms with Crippen molar-refractivity contribution in [1.29, 1.82) is 0 Å². The van der Waals surface area contributed by atoms with Crippen molar-refractivity contribution in [3.63, 3.8) is 0 Å². The van der Waals surface area contributed by atoms with Crippen LogP contribution >= 0.6 is 0 Å². The van der Waals surface area contributed by atoms with Crippen LogP contribution in [-0.4, -0.2) is 17.1 Å². The molecule has 2 N–H and O–H groups in total. The van der Waals surface area contributed by atoms with Crippen molar-refractivity contribution in [1.82, 2.24) is 0 Å². The van der Waals surface area contributed by atoms with Gasteiger partial charge in [-0.25, -0.2) is 13.6 Å². The lowest BCUT2D eigenvalue weighted by Crippen LogP contribution is -2.19. The molecular weight excluding hydrogens is 240 g/mol. The minimum Gasteiger partial charge on any atom is -0.478 e. The van der Waals surface area contributed by atoms with E-state index in [1.165, 1.54) is 6.07 Å². The number of nitrogens with one attached hydrogen (secondary N) is 1. The van der Waals surface area contributed by atoms with Crippen LogP contribution in [0.5, 0.6) is 0 Å². The maximum absolute atomic E-state index is 13.6. The van der Waals surface area contributed by atoms with Gasteiger partial charge in [-0.1, -0.05) is 13.8 Å². The maximum atomic E-state index is 13.6. The minimum absolute atomic E-state index is 0.00866. The zero-order chi connectivity index (χ0) is 13.9. The fraction of sp³-hybridized carbons (Fsp3) is 0.462. The van der Waals surface area contributed by atoms with Crippen LogP contribution in [0.2, 0.25) is 0 Å². The molecule has 1 atom stereocenters. The number of hydrogen-bond donors (Lipinski definition) is 2. The molecule has 0 spiro atoms. The third-order valence-corrected chi connectivity index (χ3v) is 2.54. The lowest BCUT2D eigenvalue weighted by Gasteiger charge is -2.18. The summed E-state index contributed by atoms with van der Waals surface area (Å²) >= 11 is 0. The second-order valence-corrected chi connectivity index (χ2v) is 4.77. The van der Waals surface area contributed by atoms with Crippen LogP contribution in [0, 0.1) is 17.6 Å². The second-order valence-electron chi connectivity index (χ2n) is 4.77. The molecular formula is C13H17F2NO2. The normalized spacial score (nSPS) is 12.6. The predicted molar refractivity (Wildman–Crippen MR) is 65.9 cm³/mol. The Hall–Kier alpha value is -1.65. The number of anilines is 1. The molecule has 0 saturated heterocycles. The van der Waals surface area contributed by atoms with Crippen LogP contribution in [0.25, 0.3) is 0 Å². The lowest BCUT2D eigenvalue weighted by molar-refractivity contribution is 0.0690. The zero-order valence-corrected chi connectivity index (χ0v) is 10.6. The van der Waals surface area contributed by atoms with Gasteiger partial charge in [0, 0.05) is 6.04 Å².